The number of nitrogens with zero attached hydrogens (tertiary/aromatic N) is 4. The summed E-state index contributed by atoms with van der Waals surface area (Å²) in [6.07, 6.45) is 6.79. The number of amidine groups is 1. The molecule has 0 aliphatic heterocycles. The third-order valence-corrected chi connectivity index (χ3v) is 4.83. The molecule has 0 unspecified atom stereocenters. The van der Waals surface area contributed by atoms with Crippen LogP contribution < -0.4 is 27.9 Å². The van der Waals surface area contributed by atoms with Crippen molar-refractivity contribution in [3.63, 3.8) is 0 Å². The maximum absolute atomic E-state index is 6.35. The number of hydrogen-bond acceptors (Lipinski definition) is 8. The zero-order chi connectivity index (χ0) is 20.7. The lowest BCUT2D eigenvalue weighted by molar-refractivity contribution is 0.153. The Morgan fingerprint density at radius 1 is 1.21 bits per heavy atom. The highest BCUT2D eigenvalue weighted by molar-refractivity contribution is 5.79. The molecule has 0 bridgehead atoms. The number of hydrogen-bond donors (Lipinski definition) is 4. The Morgan fingerprint density at radius 3 is 2.46 bits per heavy atom. The molecule has 1 aromatic heterocycles. The Kier molecular flexibility index (Phi) is 7.89. The predicted octanol–water partition coefficient (Wildman–Crippen LogP) is 1.39. The molecule has 1 aliphatic rings. The minimum absolute atomic E-state index is 0.195. The van der Waals surface area contributed by atoms with E-state index in [1.54, 1.807) is 7.05 Å². The van der Waals surface area contributed by atoms with E-state index in [1.807, 2.05) is 26.0 Å². The van der Waals surface area contributed by atoms with E-state index in [4.69, 9.17) is 27.9 Å². The van der Waals surface area contributed by atoms with E-state index in [1.165, 1.54) is 29.4 Å². The lowest BCUT2D eigenvalue weighted by Gasteiger charge is -2.25. The van der Waals surface area contributed by atoms with Crippen LogP contribution in [0.25, 0.3) is 5.70 Å². The first-order valence-electron chi connectivity index (χ1n) is 9.78. The number of aromatic nitrogens is 1. The van der Waals surface area contributed by atoms with Gasteiger partial charge in [-0.2, -0.15) is 0 Å². The van der Waals surface area contributed by atoms with Gasteiger partial charge in [0, 0.05) is 13.5 Å². The van der Waals surface area contributed by atoms with Gasteiger partial charge in [-0.25, -0.2) is 21.8 Å². The molecule has 156 valence electrons. The van der Waals surface area contributed by atoms with Gasteiger partial charge >= 0.3 is 0 Å². The van der Waals surface area contributed by atoms with Crippen molar-refractivity contribution in [2.24, 2.45) is 28.3 Å². The summed E-state index contributed by atoms with van der Waals surface area (Å²) in [5, 5.41) is 6.72. The predicted molar refractivity (Wildman–Crippen MR) is 112 cm³/mol. The van der Waals surface area contributed by atoms with E-state index in [0.29, 0.717) is 29.3 Å². The van der Waals surface area contributed by atoms with Gasteiger partial charge in [0.2, 0.25) is 0 Å². The maximum atomic E-state index is 6.35. The molecule has 0 amide bonds. The molecule has 28 heavy (non-hydrogen) atoms. The average Bonchev–Trinajstić information content (AvgIpc) is 2.67. The van der Waals surface area contributed by atoms with Crippen LogP contribution in [0.1, 0.15) is 56.8 Å². The summed E-state index contributed by atoms with van der Waals surface area (Å²) in [6.45, 7) is 4.01. The molecule has 1 fully saturated rings. The molecule has 0 atom stereocenters. The first-order valence-corrected chi connectivity index (χ1v) is 9.78. The standard InChI is InChI=1S/C19H34N8O/c1-4-18(20)25-27(23)12-16(26(3)22)19(21)15-10-11-17(13(2)24-15)28-14-8-6-5-7-9-14/h10-11,14H,4-9,12,21-23H2,1-3H3,(H2,20,25)/b19-16-. The van der Waals surface area contributed by atoms with Gasteiger partial charge in [0.15, 0.2) is 0 Å². The van der Waals surface area contributed by atoms with Gasteiger partial charge in [-0.3, -0.25) is 0 Å². The van der Waals surface area contributed by atoms with Crippen molar-refractivity contribution in [1.29, 1.82) is 0 Å². The summed E-state index contributed by atoms with van der Waals surface area (Å²) in [7, 11) is 1.69. The third kappa shape index (κ3) is 6.00. The summed E-state index contributed by atoms with van der Waals surface area (Å²) in [5.41, 5.74) is 14.5. The Hall–Kier alpha value is -2.52. The Bertz CT molecular complexity index is 710. The number of aryl methyl sites for hydroxylation is 1. The molecule has 1 saturated carbocycles. The molecule has 8 N–H and O–H groups in total. The fourth-order valence-corrected chi connectivity index (χ4v) is 3.14. The Balaban J connectivity index is 2.20. The van der Waals surface area contributed by atoms with Gasteiger partial charge in [0.1, 0.15) is 11.6 Å². The average molecular weight is 391 g/mol. The summed E-state index contributed by atoms with van der Waals surface area (Å²) >= 11 is 0. The number of nitrogens with two attached hydrogens (primary N) is 4. The molecule has 0 saturated heterocycles. The van der Waals surface area contributed by atoms with Crippen molar-refractivity contribution >= 4 is 11.5 Å². The first-order chi connectivity index (χ1) is 13.3. The van der Waals surface area contributed by atoms with Crippen LogP contribution in [0.5, 0.6) is 5.75 Å². The Morgan fingerprint density at radius 2 is 1.89 bits per heavy atom. The van der Waals surface area contributed by atoms with Crippen LogP contribution in [0.4, 0.5) is 0 Å². The fraction of sp³-hybridized carbons (Fsp3) is 0.579. The van der Waals surface area contributed by atoms with Crippen LogP contribution in [0.3, 0.4) is 0 Å². The van der Waals surface area contributed by atoms with E-state index in [9.17, 15) is 0 Å². The van der Waals surface area contributed by atoms with Gasteiger partial charge in [-0.05, 0) is 44.7 Å². The number of likely N-dealkylation sites (N-methyl/N-ethyl adjacent to an activating group) is 1. The zero-order valence-electron chi connectivity index (χ0n) is 17.2. The van der Waals surface area contributed by atoms with Crippen LogP contribution in [0.15, 0.2) is 22.9 Å². The summed E-state index contributed by atoms with van der Waals surface area (Å²) in [5.74, 6) is 13.1. The number of hydrazine groups is 2. The van der Waals surface area contributed by atoms with E-state index in [0.717, 1.165) is 24.3 Å². The topological polar surface area (TPSA) is 145 Å². The second kappa shape index (κ2) is 10.1. The molecule has 0 spiro atoms. The lowest BCUT2D eigenvalue weighted by atomic mass is 9.98. The van der Waals surface area contributed by atoms with E-state index in [2.05, 4.69) is 10.1 Å². The van der Waals surface area contributed by atoms with Gasteiger partial charge < -0.3 is 21.2 Å². The number of hydrazone groups is 1. The van der Waals surface area contributed by atoms with Crippen molar-refractivity contribution in [3.05, 3.63) is 29.2 Å². The van der Waals surface area contributed by atoms with E-state index >= 15 is 0 Å². The molecule has 1 aromatic rings. The highest BCUT2D eigenvalue weighted by Gasteiger charge is 2.18. The van der Waals surface area contributed by atoms with Gasteiger partial charge in [0.05, 0.1) is 35.4 Å². The molecule has 1 aliphatic carbocycles. The highest BCUT2D eigenvalue weighted by Crippen LogP contribution is 2.26. The fourth-order valence-electron chi connectivity index (χ4n) is 3.14. The second-order valence-electron chi connectivity index (χ2n) is 7.17. The molecule has 1 heterocycles. The van der Waals surface area contributed by atoms with Gasteiger partial charge in [-0.1, -0.05) is 13.3 Å². The molecule has 0 radical (unpaired) electrons. The van der Waals surface area contributed by atoms with E-state index < -0.39 is 0 Å². The molecule has 2 rings (SSSR count). The number of ether oxygens (including phenoxy) is 1. The lowest BCUT2D eigenvalue weighted by Crippen LogP contribution is -2.38. The molecular weight excluding hydrogens is 356 g/mol. The molecular formula is C19H34N8O. The van der Waals surface area contributed by atoms with Crippen molar-refractivity contribution in [1.82, 2.24) is 15.1 Å². The summed E-state index contributed by atoms with van der Waals surface area (Å²) in [6, 6.07) is 3.76. The largest absolute Gasteiger partial charge is 0.489 e. The monoisotopic (exact) mass is 390 g/mol. The normalized spacial score (nSPS) is 16.5. The number of pyridine rings is 1. The first kappa shape index (κ1) is 21.8. The van der Waals surface area contributed by atoms with Crippen LogP contribution in [-0.2, 0) is 0 Å². The van der Waals surface area contributed by atoms with Crippen molar-refractivity contribution in [2.75, 3.05) is 13.6 Å². The molecule has 9 heteroatoms. The van der Waals surface area contributed by atoms with Crippen LogP contribution >= 0.6 is 0 Å². The SMILES string of the molecule is CC/C(N)=N/N(N)C/C(=C(/N)c1ccc(OC2CCCCC2)c(C)n1)N(C)N. The highest BCUT2D eigenvalue weighted by atomic mass is 16.5. The smallest absolute Gasteiger partial charge is 0.140 e. The zero-order valence-corrected chi connectivity index (χ0v) is 17.2. The van der Waals surface area contributed by atoms with Crippen molar-refractivity contribution in [3.8, 4) is 5.75 Å². The quantitative estimate of drug-likeness (QED) is 0.225. The summed E-state index contributed by atoms with van der Waals surface area (Å²) in [4.78, 5) is 4.62. The van der Waals surface area contributed by atoms with Crippen LogP contribution in [-0.4, -0.2) is 40.6 Å². The van der Waals surface area contributed by atoms with E-state index in [-0.39, 0.29) is 12.6 Å². The van der Waals surface area contributed by atoms with Gasteiger partial charge in [-0.15, -0.1) is 5.10 Å². The van der Waals surface area contributed by atoms with Crippen molar-refractivity contribution in [2.45, 2.75) is 58.5 Å². The van der Waals surface area contributed by atoms with Crippen LogP contribution in [0, 0.1) is 6.92 Å². The third-order valence-electron chi connectivity index (χ3n) is 4.83. The number of rotatable bonds is 8. The second-order valence-corrected chi connectivity index (χ2v) is 7.17. The van der Waals surface area contributed by atoms with Crippen LogP contribution in [0.2, 0.25) is 0 Å². The Labute approximate surface area is 167 Å². The molecule has 9 nitrogen and oxygen atoms in total. The minimum atomic E-state index is 0.195. The minimum Gasteiger partial charge on any atom is -0.489 e. The maximum Gasteiger partial charge on any atom is 0.140 e. The van der Waals surface area contributed by atoms with Crippen molar-refractivity contribution < 1.29 is 4.74 Å². The molecule has 0 aromatic carbocycles. The van der Waals surface area contributed by atoms with Gasteiger partial charge in [0.25, 0.3) is 0 Å². The summed E-state index contributed by atoms with van der Waals surface area (Å²) < 4.78 is 6.14.